The number of aryl methyl sites for hydroxylation is 3. The molecule has 1 aromatic carbocycles. The van der Waals surface area contributed by atoms with Crippen molar-refractivity contribution < 1.29 is 23.8 Å². The van der Waals surface area contributed by atoms with Gasteiger partial charge >= 0.3 is 5.97 Å². The maximum Gasteiger partial charge on any atom is 0.339 e. The maximum atomic E-state index is 12.3. The second-order valence-electron chi connectivity index (χ2n) is 6.66. The number of fused-ring (bicyclic) bond motifs is 1. The van der Waals surface area contributed by atoms with Crippen LogP contribution in [0.1, 0.15) is 45.8 Å². The third-order valence-corrected chi connectivity index (χ3v) is 4.70. The molecule has 3 rings (SSSR count). The lowest BCUT2D eigenvalue weighted by atomic mass is 9.92. The summed E-state index contributed by atoms with van der Waals surface area (Å²) >= 11 is 0. The lowest BCUT2D eigenvalue weighted by molar-refractivity contribution is -0.132. The molecule has 6 heteroatoms. The topological polar surface area (TPSA) is 80.0 Å². The van der Waals surface area contributed by atoms with Gasteiger partial charge in [0.25, 0.3) is 5.91 Å². The molecular weight excluding hydrogens is 334 g/mol. The van der Waals surface area contributed by atoms with Crippen molar-refractivity contribution in [2.24, 2.45) is 0 Å². The normalized spacial score (nSPS) is 13.2. The first-order chi connectivity index (χ1) is 12.4. The number of carbonyl (C=O) groups excluding carboxylic acids is 1. The van der Waals surface area contributed by atoms with Crippen molar-refractivity contribution in [3.8, 4) is 5.75 Å². The Bertz CT molecular complexity index is 824. The highest BCUT2D eigenvalue weighted by molar-refractivity contribution is 5.88. The molecule has 0 radical (unpaired) electrons. The molecule has 0 bridgehead atoms. The van der Waals surface area contributed by atoms with E-state index in [2.05, 4.69) is 6.07 Å². The molecule has 2 aromatic rings. The summed E-state index contributed by atoms with van der Waals surface area (Å²) in [7, 11) is 1.64. The second-order valence-corrected chi connectivity index (χ2v) is 6.66. The Labute approximate surface area is 152 Å². The number of likely N-dealkylation sites (N-methyl/N-ethyl adjacent to an activating group) is 1. The molecule has 1 N–H and O–H groups in total. The van der Waals surface area contributed by atoms with E-state index >= 15 is 0 Å². The van der Waals surface area contributed by atoms with Gasteiger partial charge in [0.2, 0.25) is 0 Å². The van der Waals surface area contributed by atoms with E-state index in [1.807, 2.05) is 12.1 Å². The van der Waals surface area contributed by atoms with Crippen LogP contribution in [0.3, 0.4) is 0 Å². The first-order valence-electron chi connectivity index (χ1n) is 8.75. The predicted molar refractivity (Wildman–Crippen MR) is 95.5 cm³/mol. The largest absolute Gasteiger partial charge is 0.484 e. The van der Waals surface area contributed by atoms with Crippen LogP contribution in [-0.4, -0.2) is 35.5 Å². The molecule has 1 aliphatic rings. The molecule has 0 aliphatic heterocycles. The minimum Gasteiger partial charge on any atom is -0.484 e. The molecule has 26 heavy (non-hydrogen) atoms. The molecular formula is C20H23NO5. The highest BCUT2D eigenvalue weighted by Gasteiger charge is 2.17. The van der Waals surface area contributed by atoms with Crippen LogP contribution in [0.25, 0.3) is 0 Å². The van der Waals surface area contributed by atoms with Crippen LogP contribution >= 0.6 is 0 Å². The summed E-state index contributed by atoms with van der Waals surface area (Å²) in [5.41, 5.74) is 2.79. The average molecular weight is 357 g/mol. The second kappa shape index (κ2) is 7.64. The summed E-state index contributed by atoms with van der Waals surface area (Å²) in [6, 6.07) is 7.46. The van der Waals surface area contributed by atoms with E-state index in [-0.39, 0.29) is 24.6 Å². The van der Waals surface area contributed by atoms with Crippen molar-refractivity contribution >= 4 is 11.9 Å². The van der Waals surface area contributed by atoms with Gasteiger partial charge in [-0.3, -0.25) is 4.79 Å². The van der Waals surface area contributed by atoms with Gasteiger partial charge in [0, 0.05) is 7.05 Å². The van der Waals surface area contributed by atoms with E-state index < -0.39 is 5.97 Å². The van der Waals surface area contributed by atoms with Gasteiger partial charge in [-0.25, -0.2) is 4.79 Å². The predicted octanol–water partition coefficient (Wildman–Crippen LogP) is 3.20. The Balaban J connectivity index is 1.56. The zero-order valence-electron chi connectivity index (χ0n) is 15.1. The van der Waals surface area contributed by atoms with Gasteiger partial charge in [-0.05, 0) is 61.9 Å². The van der Waals surface area contributed by atoms with E-state index in [0.717, 1.165) is 12.8 Å². The van der Waals surface area contributed by atoms with E-state index in [4.69, 9.17) is 14.3 Å². The van der Waals surface area contributed by atoms with Crippen molar-refractivity contribution in [2.75, 3.05) is 13.7 Å². The molecule has 0 spiro atoms. The number of carbonyl (C=O) groups is 2. The Morgan fingerprint density at radius 3 is 2.62 bits per heavy atom. The van der Waals surface area contributed by atoms with E-state index in [0.29, 0.717) is 17.3 Å². The van der Waals surface area contributed by atoms with Gasteiger partial charge < -0.3 is 19.2 Å². The smallest absolute Gasteiger partial charge is 0.339 e. The number of benzene rings is 1. The van der Waals surface area contributed by atoms with Crippen molar-refractivity contribution in [2.45, 2.75) is 39.2 Å². The number of hydrogen-bond acceptors (Lipinski definition) is 4. The van der Waals surface area contributed by atoms with E-state index in [1.165, 1.54) is 34.9 Å². The molecule has 0 saturated carbocycles. The van der Waals surface area contributed by atoms with Crippen molar-refractivity contribution in [1.82, 2.24) is 4.90 Å². The molecule has 0 fully saturated rings. The first kappa shape index (κ1) is 18.0. The first-order valence-corrected chi connectivity index (χ1v) is 8.75. The molecule has 0 atom stereocenters. The summed E-state index contributed by atoms with van der Waals surface area (Å²) < 4.78 is 11.1. The number of hydrogen-bond donors (Lipinski definition) is 1. The average Bonchev–Trinajstić information content (AvgIpc) is 2.99. The summed E-state index contributed by atoms with van der Waals surface area (Å²) in [5, 5.41) is 9.06. The molecule has 0 saturated heterocycles. The number of rotatable bonds is 6. The standard InChI is InChI=1S/C20H23NO5/c1-13-18(20(23)24)10-17(26-13)11-21(2)19(22)12-25-16-8-7-14-5-3-4-6-15(14)9-16/h7-10H,3-6,11-12H2,1-2H3,(H,23,24). The van der Waals surface area contributed by atoms with Gasteiger partial charge in [0.1, 0.15) is 22.8 Å². The zero-order chi connectivity index (χ0) is 18.7. The molecule has 138 valence electrons. The number of ether oxygens (including phenoxy) is 1. The molecule has 1 aromatic heterocycles. The lowest BCUT2D eigenvalue weighted by Crippen LogP contribution is -2.30. The van der Waals surface area contributed by atoms with Gasteiger partial charge in [-0.2, -0.15) is 0 Å². The fraction of sp³-hybridized carbons (Fsp3) is 0.400. The zero-order valence-corrected chi connectivity index (χ0v) is 15.1. The Morgan fingerprint density at radius 2 is 1.92 bits per heavy atom. The maximum absolute atomic E-state index is 12.3. The van der Waals surface area contributed by atoms with Crippen LogP contribution in [0.2, 0.25) is 0 Å². The third-order valence-electron chi connectivity index (χ3n) is 4.70. The number of furan rings is 1. The van der Waals surface area contributed by atoms with Gasteiger partial charge in [0.15, 0.2) is 6.61 Å². The third kappa shape index (κ3) is 4.07. The Kier molecular flexibility index (Phi) is 5.30. The van der Waals surface area contributed by atoms with Gasteiger partial charge in [-0.15, -0.1) is 0 Å². The van der Waals surface area contributed by atoms with E-state index in [1.54, 1.807) is 14.0 Å². The van der Waals surface area contributed by atoms with Crippen LogP contribution in [0, 0.1) is 6.92 Å². The van der Waals surface area contributed by atoms with Gasteiger partial charge in [-0.1, -0.05) is 6.07 Å². The lowest BCUT2D eigenvalue weighted by Gasteiger charge is -2.18. The van der Waals surface area contributed by atoms with Gasteiger partial charge in [0.05, 0.1) is 6.54 Å². The highest BCUT2D eigenvalue weighted by atomic mass is 16.5. The molecule has 1 aliphatic carbocycles. The van der Waals surface area contributed by atoms with Crippen LogP contribution in [0.4, 0.5) is 0 Å². The van der Waals surface area contributed by atoms with Crippen molar-refractivity contribution in [1.29, 1.82) is 0 Å². The van der Waals surface area contributed by atoms with Crippen LogP contribution in [0.15, 0.2) is 28.7 Å². The summed E-state index contributed by atoms with van der Waals surface area (Å²) in [6.45, 7) is 1.72. The fourth-order valence-corrected chi connectivity index (χ4v) is 3.21. The Morgan fingerprint density at radius 1 is 1.19 bits per heavy atom. The minimum absolute atomic E-state index is 0.0687. The van der Waals surface area contributed by atoms with Crippen molar-refractivity contribution in [3.05, 3.63) is 52.5 Å². The summed E-state index contributed by atoms with van der Waals surface area (Å²) in [6.07, 6.45) is 4.59. The fourth-order valence-electron chi connectivity index (χ4n) is 3.21. The quantitative estimate of drug-likeness (QED) is 0.859. The minimum atomic E-state index is -1.04. The molecule has 1 heterocycles. The molecule has 6 nitrogen and oxygen atoms in total. The number of amides is 1. The van der Waals surface area contributed by atoms with Crippen LogP contribution in [-0.2, 0) is 24.2 Å². The SMILES string of the molecule is Cc1oc(CN(C)C(=O)COc2ccc3c(c2)CCCC3)cc1C(=O)O. The summed E-state index contributed by atoms with van der Waals surface area (Å²) in [5.74, 6) is 0.230. The monoisotopic (exact) mass is 357 g/mol. The van der Waals surface area contributed by atoms with Crippen LogP contribution < -0.4 is 4.74 Å². The number of carboxylic acid groups (broad SMARTS) is 1. The number of aromatic carboxylic acids is 1. The highest BCUT2D eigenvalue weighted by Crippen LogP contribution is 2.25. The Hall–Kier alpha value is -2.76. The molecule has 0 unspecified atom stereocenters. The van der Waals surface area contributed by atoms with Crippen molar-refractivity contribution in [3.63, 3.8) is 0 Å². The molecule has 1 amide bonds. The van der Waals surface area contributed by atoms with E-state index in [9.17, 15) is 9.59 Å². The van der Waals surface area contributed by atoms with Crippen LogP contribution in [0.5, 0.6) is 5.75 Å². The number of nitrogens with zero attached hydrogens (tertiary/aromatic N) is 1. The summed E-state index contributed by atoms with van der Waals surface area (Å²) in [4.78, 5) is 24.8. The number of carboxylic acids is 1.